The molecule has 0 saturated heterocycles. The van der Waals surface area contributed by atoms with E-state index in [4.69, 9.17) is 0 Å². The monoisotopic (exact) mass is 291 g/mol. The fourth-order valence-corrected chi connectivity index (χ4v) is 3.99. The summed E-state index contributed by atoms with van der Waals surface area (Å²) in [5.41, 5.74) is 3.77. The minimum atomic E-state index is 1.20. The number of hydrogen-bond donors (Lipinski definition) is 0. The largest absolute Gasteiger partial charge is 0.286 e. The number of benzene rings is 2. The van der Waals surface area contributed by atoms with E-state index in [1.165, 1.54) is 37.0 Å². The number of hydrogen-bond acceptors (Lipinski definition) is 2. The Morgan fingerprint density at radius 3 is 2.71 bits per heavy atom. The van der Waals surface area contributed by atoms with E-state index in [0.29, 0.717) is 0 Å². The minimum absolute atomic E-state index is 1.20. The molecule has 0 aliphatic rings. The first-order chi connectivity index (χ1) is 10.2. The molecule has 0 aliphatic carbocycles. The van der Waals surface area contributed by atoms with E-state index in [9.17, 15) is 0 Å². The van der Waals surface area contributed by atoms with Gasteiger partial charge >= 0.3 is 0 Å². The Labute approximate surface area is 127 Å². The number of aryl methyl sites for hydroxylation is 2. The van der Waals surface area contributed by atoms with Crippen molar-refractivity contribution in [1.29, 1.82) is 0 Å². The average Bonchev–Trinajstić information content (AvgIpc) is 2.85. The molecule has 0 aliphatic heterocycles. The van der Waals surface area contributed by atoms with E-state index < -0.39 is 0 Å². The van der Waals surface area contributed by atoms with Gasteiger partial charge in [-0.05, 0) is 30.7 Å². The van der Waals surface area contributed by atoms with Crippen LogP contribution in [0, 0.1) is 6.92 Å². The molecule has 4 rings (SSSR count). The fourth-order valence-electron chi connectivity index (χ4n) is 2.87. The van der Waals surface area contributed by atoms with Gasteiger partial charge in [0, 0.05) is 31.8 Å². The van der Waals surface area contributed by atoms with Crippen molar-refractivity contribution in [3.05, 3.63) is 60.6 Å². The van der Waals surface area contributed by atoms with Gasteiger partial charge in [0.2, 0.25) is 0 Å². The van der Waals surface area contributed by atoms with Crippen molar-refractivity contribution in [2.75, 3.05) is 0 Å². The lowest BCUT2D eigenvalue weighted by molar-refractivity contribution is -0.663. The molecule has 0 atom stereocenters. The Hall–Kier alpha value is -2.26. The van der Waals surface area contributed by atoms with Crippen molar-refractivity contribution in [3.63, 3.8) is 0 Å². The van der Waals surface area contributed by atoms with Gasteiger partial charge < -0.3 is 0 Å². The predicted octanol–water partition coefficient (Wildman–Crippen LogP) is 4.25. The van der Waals surface area contributed by atoms with Crippen LogP contribution in [0.2, 0.25) is 0 Å². The third kappa shape index (κ3) is 1.93. The van der Waals surface area contributed by atoms with Crippen molar-refractivity contribution >= 4 is 31.5 Å². The third-order valence-electron chi connectivity index (χ3n) is 3.94. The summed E-state index contributed by atoms with van der Waals surface area (Å²) in [4.78, 5) is 4.16. The molecular weight excluding hydrogens is 276 g/mol. The third-order valence-corrected chi connectivity index (χ3v) is 5.07. The molecule has 0 fully saturated rings. The lowest BCUT2D eigenvalue weighted by Crippen LogP contribution is -2.31. The number of aromatic nitrogens is 2. The number of fused-ring (bicyclic) bond motifs is 3. The van der Waals surface area contributed by atoms with Gasteiger partial charge in [0.25, 0.3) is 6.33 Å². The Kier molecular flexibility index (Phi) is 2.76. The van der Waals surface area contributed by atoms with Crippen LogP contribution in [0.15, 0.2) is 55.0 Å². The van der Waals surface area contributed by atoms with E-state index in [-0.39, 0.29) is 0 Å². The maximum Gasteiger partial charge on any atom is 0.286 e. The van der Waals surface area contributed by atoms with E-state index >= 15 is 0 Å². The van der Waals surface area contributed by atoms with Crippen molar-refractivity contribution in [2.24, 2.45) is 7.05 Å². The molecule has 2 heterocycles. The second-order valence-electron chi connectivity index (χ2n) is 5.34. The van der Waals surface area contributed by atoms with Crippen LogP contribution in [0.3, 0.4) is 0 Å². The molecule has 0 amide bonds. The molecule has 0 saturated carbocycles. The zero-order valence-corrected chi connectivity index (χ0v) is 12.8. The zero-order chi connectivity index (χ0) is 14.4. The fraction of sp³-hybridized carbons (Fsp3) is 0.111. The van der Waals surface area contributed by atoms with Gasteiger partial charge in [-0.3, -0.25) is 0 Å². The smallest absolute Gasteiger partial charge is 0.233 e. The highest BCUT2D eigenvalue weighted by molar-refractivity contribution is 7.25. The standard InChI is InChI=1S/C18H15N2S/c1-12-9-15-13-5-3-4-6-17(13)21-18(15)10-14(12)16-7-8-19-11-20(16)2/h3-11H,1-2H3/q+1. The normalized spacial score (nSPS) is 11.3. The Morgan fingerprint density at radius 2 is 1.86 bits per heavy atom. The zero-order valence-electron chi connectivity index (χ0n) is 12.0. The van der Waals surface area contributed by atoms with Crippen LogP contribution >= 0.6 is 11.3 Å². The summed E-state index contributed by atoms with van der Waals surface area (Å²) < 4.78 is 4.76. The highest BCUT2D eigenvalue weighted by atomic mass is 32.1. The van der Waals surface area contributed by atoms with Gasteiger partial charge in [-0.25, -0.2) is 4.57 Å². The van der Waals surface area contributed by atoms with Crippen LogP contribution in [0.4, 0.5) is 0 Å². The highest BCUT2D eigenvalue weighted by Crippen LogP contribution is 2.37. The second-order valence-corrected chi connectivity index (χ2v) is 6.42. The van der Waals surface area contributed by atoms with Gasteiger partial charge in [0.05, 0.1) is 7.05 Å². The van der Waals surface area contributed by atoms with Crippen molar-refractivity contribution < 1.29 is 4.57 Å². The number of nitrogens with zero attached hydrogens (tertiary/aromatic N) is 2. The summed E-state index contributed by atoms with van der Waals surface area (Å²) in [5.74, 6) is 0. The second kappa shape index (κ2) is 4.64. The van der Waals surface area contributed by atoms with Crippen molar-refractivity contribution in [3.8, 4) is 11.3 Å². The van der Waals surface area contributed by atoms with Gasteiger partial charge in [-0.2, -0.15) is 0 Å². The molecule has 0 bridgehead atoms. The van der Waals surface area contributed by atoms with E-state index in [2.05, 4.69) is 58.9 Å². The van der Waals surface area contributed by atoms with Crippen LogP contribution in [0.1, 0.15) is 5.56 Å². The molecular formula is C18H15N2S+. The molecule has 0 radical (unpaired) electrons. The van der Waals surface area contributed by atoms with Crippen LogP contribution in [-0.4, -0.2) is 4.98 Å². The molecule has 2 aromatic heterocycles. The van der Waals surface area contributed by atoms with E-state index in [1.54, 1.807) is 0 Å². The Bertz CT molecular complexity index is 969. The van der Waals surface area contributed by atoms with Gasteiger partial charge in [-0.1, -0.05) is 23.2 Å². The Morgan fingerprint density at radius 1 is 1.00 bits per heavy atom. The van der Waals surface area contributed by atoms with Gasteiger partial charge in [0.15, 0.2) is 0 Å². The quantitative estimate of drug-likeness (QED) is 0.479. The number of thiophene rings is 1. The molecule has 102 valence electrons. The summed E-state index contributed by atoms with van der Waals surface area (Å²) in [5, 5.41) is 2.71. The molecule has 4 aromatic rings. The van der Waals surface area contributed by atoms with Crippen LogP contribution in [-0.2, 0) is 7.05 Å². The van der Waals surface area contributed by atoms with Crippen LogP contribution < -0.4 is 4.57 Å². The molecule has 3 heteroatoms. The lowest BCUT2D eigenvalue weighted by Gasteiger charge is -2.06. The molecule has 2 nitrogen and oxygen atoms in total. The van der Waals surface area contributed by atoms with Crippen LogP contribution in [0.5, 0.6) is 0 Å². The minimum Gasteiger partial charge on any atom is -0.233 e. The van der Waals surface area contributed by atoms with Crippen molar-refractivity contribution in [2.45, 2.75) is 6.92 Å². The predicted molar refractivity (Wildman–Crippen MR) is 88.5 cm³/mol. The first-order valence-corrected chi connectivity index (χ1v) is 7.77. The summed E-state index contributed by atoms with van der Waals surface area (Å²) >= 11 is 1.86. The maximum absolute atomic E-state index is 4.16. The molecule has 21 heavy (non-hydrogen) atoms. The average molecular weight is 291 g/mol. The summed E-state index contributed by atoms with van der Waals surface area (Å²) in [6, 6.07) is 15.3. The summed E-state index contributed by atoms with van der Waals surface area (Å²) in [6.45, 7) is 2.18. The first kappa shape index (κ1) is 12.5. The SMILES string of the molecule is Cc1cc2c(cc1-c1ccnc[n+]1C)sc1ccccc12. The molecule has 0 spiro atoms. The number of rotatable bonds is 1. The van der Waals surface area contributed by atoms with Crippen molar-refractivity contribution in [1.82, 2.24) is 4.98 Å². The molecule has 0 N–H and O–H groups in total. The lowest BCUT2D eigenvalue weighted by atomic mass is 10.0. The summed E-state index contributed by atoms with van der Waals surface area (Å²) in [6.07, 6.45) is 3.70. The summed E-state index contributed by atoms with van der Waals surface area (Å²) in [7, 11) is 2.04. The topological polar surface area (TPSA) is 16.8 Å². The van der Waals surface area contributed by atoms with Gasteiger partial charge in [-0.15, -0.1) is 11.3 Å². The Balaban J connectivity index is 2.06. The molecule has 2 aromatic carbocycles. The van der Waals surface area contributed by atoms with Gasteiger partial charge in [0.1, 0.15) is 11.9 Å². The van der Waals surface area contributed by atoms with Crippen LogP contribution in [0.25, 0.3) is 31.4 Å². The highest BCUT2D eigenvalue weighted by Gasteiger charge is 2.13. The molecule has 0 unspecified atom stereocenters. The first-order valence-electron chi connectivity index (χ1n) is 6.96. The maximum atomic E-state index is 4.16. The van der Waals surface area contributed by atoms with E-state index in [0.717, 1.165) is 0 Å². The van der Waals surface area contributed by atoms with E-state index in [1.807, 2.05) is 30.9 Å².